The predicted octanol–water partition coefficient (Wildman–Crippen LogP) is 3.04. The van der Waals surface area contributed by atoms with E-state index in [0.717, 1.165) is 0 Å². The van der Waals surface area contributed by atoms with Crippen molar-refractivity contribution in [2.75, 3.05) is 40.3 Å². The van der Waals surface area contributed by atoms with Crippen LogP contribution < -0.4 is 0 Å². The standard InChI is InChI=1S/C11H25I2N3/c1-11(2)16(13)10-6-8-14(3)7-5-9-15(4)12/h11H,5-10H2,1-4H3. The van der Waals surface area contributed by atoms with Crippen LogP contribution in [0.3, 0.4) is 0 Å². The molecule has 0 spiro atoms. The highest BCUT2D eigenvalue weighted by molar-refractivity contribution is 14.1. The normalized spacial score (nSPS) is 12.4. The molecule has 0 bridgehead atoms. The van der Waals surface area contributed by atoms with Gasteiger partial charge in [0, 0.05) is 64.9 Å². The van der Waals surface area contributed by atoms with Crippen molar-refractivity contribution in [1.29, 1.82) is 0 Å². The third-order valence-electron chi connectivity index (χ3n) is 2.48. The maximum Gasteiger partial charge on any atom is 0.0204 e. The molecule has 0 atom stereocenters. The molecule has 0 N–H and O–H groups in total. The summed E-state index contributed by atoms with van der Waals surface area (Å²) in [4.78, 5) is 2.44. The Hall–Kier alpha value is 1.34. The number of rotatable bonds is 9. The Morgan fingerprint density at radius 1 is 0.875 bits per heavy atom. The van der Waals surface area contributed by atoms with Crippen LogP contribution in [-0.4, -0.2) is 57.4 Å². The van der Waals surface area contributed by atoms with Gasteiger partial charge in [0.15, 0.2) is 0 Å². The van der Waals surface area contributed by atoms with Crippen molar-refractivity contribution in [3.05, 3.63) is 0 Å². The Morgan fingerprint density at radius 3 is 1.81 bits per heavy atom. The Balaban J connectivity index is 3.40. The Kier molecular flexibility index (Phi) is 11.1. The van der Waals surface area contributed by atoms with Crippen LogP contribution in [0.4, 0.5) is 0 Å². The molecule has 5 heteroatoms. The molecular formula is C11H25I2N3. The lowest BCUT2D eigenvalue weighted by Gasteiger charge is -2.21. The van der Waals surface area contributed by atoms with Crippen molar-refractivity contribution < 1.29 is 0 Å². The maximum absolute atomic E-state index is 2.44. The highest BCUT2D eigenvalue weighted by atomic mass is 127. The van der Waals surface area contributed by atoms with Gasteiger partial charge in [0.1, 0.15) is 0 Å². The summed E-state index contributed by atoms with van der Waals surface area (Å²) in [7, 11) is 4.34. The maximum atomic E-state index is 2.44. The Morgan fingerprint density at radius 2 is 1.38 bits per heavy atom. The molecule has 0 aromatic rings. The van der Waals surface area contributed by atoms with Crippen molar-refractivity contribution in [3.63, 3.8) is 0 Å². The van der Waals surface area contributed by atoms with E-state index >= 15 is 0 Å². The fourth-order valence-corrected chi connectivity index (χ4v) is 2.10. The number of hydrogen-bond acceptors (Lipinski definition) is 3. The van der Waals surface area contributed by atoms with Crippen molar-refractivity contribution in [2.45, 2.75) is 32.7 Å². The van der Waals surface area contributed by atoms with Crippen molar-refractivity contribution in [2.24, 2.45) is 0 Å². The lowest BCUT2D eigenvalue weighted by Crippen LogP contribution is -2.27. The topological polar surface area (TPSA) is 9.72 Å². The van der Waals surface area contributed by atoms with Crippen LogP contribution in [0.25, 0.3) is 0 Å². The number of hydrogen-bond donors (Lipinski definition) is 0. The summed E-state index contributed by atoms with van der Waals surface area (Å²) in [5, 5.41) is 0. The van der Waals surface area contributed by atoms with Crippen molar-refractivity contribution in [1.82, 2.24) is 11.1 Å². The monoisotopic (exact) mass is 453 g/mol. The average molecular weight is 453 g/mol. The molecule has 0 rings (SSSR count). The van der Waals surface area contributed by atoms with E-state index < -0.39 is 0 Å². The molecule has 0 heterocycles. The zero-order valence-electron chi connectivity index (χ0n) is 10.9. The molecule has 98 valence electrons. The summed E-state index contributed by atoms with van der Waals surface area (Å²) in [6.07, 6.45) is 2.52. The number of halogens is 2. The van der Waals surface area contributed by atoms with Gasteiger partial charge in [-0.3, -0.25) is 3.11 Å². The second kappa shape index (κ2) is 10.3. The zero-order valence-corrected chi connectivity index (χ0v) is 15.2. The third kappa shape index (κ3) is 10.5. The molecule has 0 saturated carbocycles. The highest BCUT2D eigenvalue weighted by Crippen LogP contribution is 2.06. The summed E-state index contributed by atoms with van der Waals surface area (Å²) in [6, 6.07) is 0.651. The van der Waals surface area contributed by atoms with Crippen LogP contribution in [0.15, 0.2) is 0 Å². The van der Waals surface area contributed by atoms with Gasteiger partial charge in [-0.15, -0.1) is 0 Å². The highest BCUT2D eigenvalue weighted by Gasteiger charge is 2.05. The fraction of sp³-hybridized carbons (Fsp3) is 1.00. The lowest BCUT2D eigenvalue weighted by molar-refractivity contribution is 0.300. The second-order valence-corrected chi connectivity index (χ2v) is 7.44. The second-order valence-electron chi connectivity index (χ2n) is 4.56. The summed E-state index contributed by atoms with van der Waals surface area (Å²) >= 11 is 4.76. The van der Waals surface area contributed by atoms with E-state index in [0.29, 0.717) is 6.04 Å². The van der Waals surface area contributed by atoms with Gasteiger partial charge in [0.25, 0.3) is 0 Å². The minimum atomic E-state index is 0.651. The van der Waals surface area contributed by atoms with Crippen LogP contribution in [0.5, 0.6) is 0 Å². The molecule has 0 aliphatic carbocycles. The van der Waals surface area contributed by atoms with Gasteiger partial charge < -0.3 is 4.90 Å². The van der Waals surface area contributed by atoms with Gasteiger partial charge in [-0.05, 0) is 53.9 Å². The van der Waals surface area contributed by atoms with Gasteiger partial charge in [-0.1, -0.05) is 0 Å². The summed E-state index contributed by atoms with van der Waals surface area (Å²) in [5.74, 6) is 0. The Bertz CT molecular complexity index is 165. The fourth-order valence-electron chi connectivity index (χ4n) is 1.42. The molecule has 0 aromatic heterocycles. The van der Waals surface area contributed by atoms with Crippen molar-refractivity contribution in [3.8, 4) is 0 Å². The number of nitrogens with zero attached hydrogens (tertiary/aromatic N) is 3. The van der Waals surface area contributed by atoms with E-state index in [9.17, 15) is 0 Å². The molecule has 0 aromatic carbocycles. The van der Waals surface area contributed by atoms with Crippen LogP contribution >= 0.6 is 45.7 Å². The van der Waals surface area contributed by atoms with E-state index in [1.54, 1.807) is 0 Å². The smallest absolute Gasteiger partial charge is 0.0204 e. The summed E-state index contributed by atoms with van der Waals surface area (Å²) in [5.41, 5.74) is 0. The summed E-state index contributed by atoms with van der Waals surface area (Å²) in [6.45, 7) is 9.26. The van der Waals surface area contributed by atoms with E-state index in [2.05, 4.69) is 84.8 Å². The lowest BCUT2D eigenvalue weighted by atomic mass is 10.3. The molecule has 0 radical (unpaired) electrons. The van der Waals surface area contributed by atoms with Crippen LogP contribution in [0, 0.1) is 0 Å². The van der Waals surface area contributed by atoms with E-state index in [1.165, 1.54) is 39.0 Å². The van der Waals surface area contributed by atoms with Crippen LogP contribution in [0.1, 0.15) is 26.7 Å². The van der Waals surface area contributed by atoms with Gasteiger partial charge in [-0.2, -0.15) is 0 Å². The molecule has 0 aliphatic heterocycles. The van der Waals surface area contributed by atoms with E-state index in [4.69, 9.17) is 0 Å². The van der Waals surface area contributed by atoms with E-state index in [1.807, 2.05) is 0 Å². The average Bonchev–Trinajstić information content (AvgIpc) is 2.16. The molecular weight excluding hydrogens is 428 g/mol. The molecule has 0 fully saturated rings. The largest absolute Gasteiger partial charge is 0.306 e. The quantitative estimate of drug-likeness (QED) is 0.393. The molecule has 3 nitrogen and oxygen atoms in total. The van der Waals surface area contributed by atoms with E-state index in [-0.39, 0.29) is 0 Å². The van der Waals surface area contributed by atoms with Crippen LogP contribution in [0.2, 0.25) is 0 Å². The van der Waals surface area contributed by atoms with Gasteiger partial charge in [0.2, 0.25) is 0 Å². The van der Waals surface area contributed by atoms with Crippen molar-refractivity contribution >= 4 is 45.7 Å². The van der Waals surface area contributed by atoms with Crippen LogP contribution in [-0.2, 0) is 0 Å². The molecule has 0 amide bonds. The molecule has 0 aliphatic rings. The first-order chi connectivity index (χ1) is 7.43. The molecule has 16 heavy (non-hydrogen) atoms. The predicted molar refractivity (Wildman–Crippen MR) is 89.2 cm³/mol. The van der Waals surface area contributed by atoms with Gasteiger partial charge >= 0.3 is 0 Å². The molecule has 0 unspecified atom stereocenters. The third-order valence-corrected chi connectivity index (χ3v) is 4.56. The minimum absolute atomic E-state index is 0.651. The zero-order chi connectivity index (χ0) is 12.6. The SMILES string of the molecule is CC(C)N(I)CCCN(C)CCCN(C)I. The summed E-state index contributed by atoms with van der Waals surface area (Å²) < 4.78 is 4.60. The van der Waals surface area contributed by atoms with Gasteiger partial charge in [0.05, 0.1) is 0 Å². The van der Waals surface area contributed by atoms with Gasteiger partial charge in [-0.25, -0.2) is 3.11 Å². The Labute approximate surface area is 129 Å². The minimum Gasteiger partial charge on any atom is -0.306 e. The first-order valence-corrected chi connectivity index (χ1v) is 7.84. The molecule has 0 saturated heterocycles. The first kappa shape index (κ1) is 17.3. The first-order valence-electron chi connectivity index (χ1n) is 5.91.